The Hall–Kier alpha value is -5.12. The average Bonchev–Trinajstić information content (AvgIpc) is 3.89. The van der Waals surface area contributed by atoms with Gasteiger partial charge in [0, 0.05) is 0 Å². The van der Waals surface area contributed by atoms with Crippen LogP contribution in [0, 0.1) is 0 Å². The first-order valence-electron chi connectivity index (χ1n) is 20.2. The molecule has 0 aliphatic heterocycles. The molecule has 0 fully saturated rings. The van der Waals surface area contributed by atoms with Gasteiger partial charge in [0.05, 0.1) is 60.8 Å². The van der Waals surface area contributed by atoms with E-state index in [1.165, 1.54) is 89.9 Å². The van der Waals surface area contributed by atoms with Crippen LogP contribution in [0.2, 0.25) is 0 Å². The second-order valence-electron chi connectivity index (χ2n) is 13.8. The van der Waals surface area contributed by atoms with E-state index in [-0.39, 0.29) is 0 Å². The minimum atomic E-state index is 0.663. The van der Waals surface area contributed by atoms with Gasteiger partial charge in [-0.1, -0.05) is 114 Å². The molecule has 10 heteroatoms. The first-order chi connectivity index (χ1) is 26.7. The normalized spacial score (nSPS) is 11.6. The largest absolute Gasteiger partial charge is 0.494 e. The zero-order valence-electron chi connectivity index (χ0n) is 32.4. The minimum absolute atomic E-state index is 0.663. The van der Waals surface area contributed by atoms with Crippen molar-refractivity contribution in [3.8, 4) is 22.9 Å². The molecule has 5 rings (SSSR count). The molecule has 0 spiro atoms. The van der Waals surface area contributed by atoms with Gasteiger partial charge in [-0.15, -0.1) is 10.2 Å². The molecular weight excluding hydrogens is 673 g/mol. The van der Waals surface area contributed by atoms with Crippen molar-refractivity contribution in [2.24, 2.45) is 9.98 Å². The maximum atomic E-state index is 5.94. The number of aromatic nitrogens is 6. The SMILES string of the molecule is CCCCCCCCCCOc1ccc(-n2cc(C=Nc3ccc(N=Cc4cn(-c5ccc(OCCCCCCCCCC)cc5)nn4)cc3)nn2)cc1. The van der Waals surface area contributed by atoms with Crippen molar-refractivity contribution in [3.05, 3.63) is 96.6 Å². The fraction of sp³-hybridized carbons (Fsp3) is 0.455. The van der Waals surface area contributed by atoms with Gasteiger partial charge in [0.2, 0.25) is 0 Å². The average molecular weight is 731 g/mol. The molecule has 0 N–H and O–H groups in total. The van der Waals surface area contributed by atoms with Gasteiger partial charge in [0.1, 0.15) is 22.9 Å². The summed E-state index contributed by atoms with van der Waals surface area (Å²) in [5.41, 5.74) is 4.73. The van der Waals surface area contributed by atoms with Crippen LogP contribution in [0.15, 0.2) is 95.2 Å². The first-order valence-corrected chi connectivity index (χ1v) is 20.2. The third-order valence-electron chi connectivity index (χ3n) is 9.30. The smallest absolute Gasteiger partial charge is 0.124 e. The summed E-state index contributed by atoms with van der Waals surface area (Å²) in [6, 6.07) is 23.5. The van der Waals surface area contributed by atoms with E-state index in [1.807, 2.05) is 85.2 Å². The van der Waals surface area contributed by atoms with Gasteiger partial charge in [0.25, 0.3) is 0 Å². The van der Waals surface area contributed by atoms with Gasteiger partial charge in [-0.05, 0) is 85.6 Å². The van der Waals surface area contributed by atoms with E-state index in [2.05, 4.69) is 44.5 Å². The highest BCUT2D eigenvalue weighted by Crippen LogP contribution is 2.20. The Morgan fingerprint density at radius 2 is 0.815 bits per heavy atom. The zero-order valence-corrected chi connectivity index (χ0v) is 32.4. The molecule has 0 amide bonds. The predicted molar refractivity (Wildman–Crippen MR) is 220 cm³/mol. The second kappa shape index (κ2) is 23.5. The number of nitrogens with zero attached hydrogens (tertiary/aromatic N) is 8. The molecule has 2 heterocycles. The molecule has 0 aliphatic rings. The lowest BCUT2D eigenvalue weighted by atomic mass is 10.1. The Morgan fingerprint density at radius 1 is 0.463 bits per heavy atom. The van der Waals surface area contributed by atoms with Crippen molar-refractivity contribution in [1.29, 1.82) is 0 Å². The summed E-state index contributed by atoms with van der Waals surface area (Å²) in [5, 5.41) is 17.0. The second-order valence-corrected chi connectivity index (χ2v) is 13.8. The molecule has 10 nitrogen and oxygen atoms in total. The van der Waals surface area contributed by atoms with E-state index >= 15 is 0 Å². The van der Waals surface area contributed by atoms with Crippen LogP contribution in [0.1, 0.15) is 128 Å². The Morgan fingerprint density at radius 3 is 1.19 bits per heavy atom. The molecule has 0 radical (unpaired) electrons. The van der Waals surface area contributed by atoms with Crippen LogP contribution < -0.4 is 9.47 Å². The lowest BCUT2D eigenvalue weighted by molar-refractivity contribution is 0.304. The zero-order chi connectivity index (χ0) is 37.5. The summed E-state index contributed by atoms with van der Waals surface area (Å²) < 4.78 is 15.4. The summed E-state index contributed by atoms with van der Waals surface area (Å²) in [5.74, 6) is 1.75. The molecule has 0 unspecified atom stereocenters. The fourth-order valence-corrected chi connectivity index (χ4v) is 6.07. The standard InChI is InChI=1S/C44H58N8O2/c1-3-5-7-9-11-13-15-17-31-53-43-27-23-41(24-28-43)51-35-39(47-49-51)33-45-37-19-21-38(22-20-37)46-34-40-36-52(50-48-40)42-25-29-44(30-26-42)54-32-18-16-14-12-10-8-6-4-2/h19-30,33-36H,3-18,31-32H2,1-2H3. The Balaban J connectivity index is 1.00. The maximum Gasteiger partial charge on any atom is 0.124 e. The van der Waals surface area contributed by atoms with E-state index in [9.17, 15) is 0 Å². The quantitative estimate of drug-likeness (QED) is 0.0414. The lowest BCUT2D eigenvalue weighted by Gasteiger charge is -2.07. The summed E-state index contributed by atoms with van der Waals surface area (Å²) in [6.07, 6.45) is 27.8. The molecule has 2 aromatic heterocycles. The van der Waals surface area contributed by atoms with Gasteiger partial charge in [-0.2, -0.15) is 0 Å². The number of unbranched alkanes of at least 4 members (excludes halogenated alkanes) is 14. The highest BCUT2D eigenvalue weighted by atomic mass is 16.5. The maximum absolute atomic E-state index is 5.94. The van der Waals surface area contributed by atoms with Gasteiger partial charge in [-0.25, -0.2) is 9.36 Å². The highest BCUT2D eigenvalue weighted by molar-refractivity contribution is 5.80. The lowest BCUT2D eigenvalue weighted by Crippen LogP contribution is -1.98. The van der Waals surface area contributed by atoms with Crippen LogP contribution in [-0.2, 0) is 0 Å². The molecule has 0 bridgehead atoms. The molecular formula is C44H58N8O2. The molecule has 286 valence electrons. The van der Waals surface area contributed by atoms with Gasteiger partial charge >= 0.3 is 0 Å². The van der Waals surface area contributed by atoms with Gasteiger partial charge < -0.3 is 9.47 Å². The van der Waals surface area contributed by atoms with E-state index < -0.39 is 0 Å². The Bertz CT molecular complexity index is 1660. The predicted octanol–water partition coefficient (Wildman–Crippen LogP) is 11.4. The van der Waals surface area contributed by atoms with Crippen LogP contribution in [-0.4, -0.2) is 55.6 Å². The van der Waals surface area contributed by atoms with E-state index in [1.54, 1.807) is 21.8 Å². The molecule has 0 aliphatic carbocycles. The van der Waals surface area contributed by atoms with Crippen molar-refractivity contribution in [2.45, 2.75) is 117 Å². The number of benzene rings is 3. The summed E-state index contributed by atoms with van der Waals surface area (Å²) in [7, 11) is 0. The van der Waals surface area contributed by atoms with Crippen molar-refractivity contribution in [1.82, 2.24) is 30.0 Å². The topological polar surface area (TPSA) is 105 Å². The highest BCUT2D eigenvalue weighted by Gasteiger charge is 2.05. The fourth-order valence-electron chi connectivity index (χ4n) is 6.07. The van der Waals surface area contributed by atoms with Crippen molar-refractivity contribution < 1.29 is 9.47 Å². The number of ether oxygens (including phenoxy) is 2. The molecule has 5 aromatic rings. The Kier molecular flexibility index (Phi) is 17.5. The number of aliphatic imine (C=N–C) groups is 2. The number of hydrogen-bond donors (Lipinski definition) is 0. The Labute approximate surface area is 321 Å². The molecule has 0 saturated carbocycles. The monoisotopic (exact) mass is 730 g/mol. The first kappa shape index (κ1) is 40.1. The van der Waals surface area contributed by atoms with Crippen molar-refractivity contribution in [3.63, 3.8) is 0 Å². The van der Waals surface area contributed by atoms with Crippen molar-refractivity contribution >= 4 is 23.8 Å². The summed E-state index contributed by atoms with van der Waals surface area (Å²) in [6.45, 7) is 6.02. The molecule has 54 heavy (non-hydrogen) atoms. The van der Waals surface area contributed by atoms with Crippen LogP contribution >= 0.6 is 0 Å². The molecule has 0 saturated heterocycles. The number of rotatable bonds is 26. The summed E-state index contributed by atoms with van der Waals surface area (Å²) in [4.78, 5) is 9.13. The van der Waals surface area contributed by atoms with Crippen LogP contribution in [0.5, 0.6) is 11.5 Å². The van der Waals surface area contributed by atoms with Gasteiger partial charge in [0.15, 0.2) is 0 Å². The van der Waals surface area contributed by atoms with Crippen molar-refractivity contribution in [2.75, 3.05) is 13.2 Å². The molecule has 0 atom stereocenters. The minimum Gasteiger partial charge on any atom is -0.494 e. The van der Waals surface area contributed by atoms with Gasteiger partial charge in [-0.3, -0.25) is 9.98 Å². The third kappa shape index (κ3) is 14.4. The molecule has 3 aromatic carbocycles. The van der Waals surface area contributed by atoms with E-state index in [0.29, 0.717) is 11.4 Å². The van der Waals surface area contributed by atoms with Crippen LogP contribution in [0.25, 0.3) is 11.4 Å². The third-order valence-corrected chi connectivity index (χ3v) is 9.30. The van der Waals surface area contributed by atoms with Crippen LogP contribution in [0.3, 0.4) is 0 Å². The number of hydrogen-bond acceptors (Lipinski definition) is 8. The summed E-state index contributed by atoms with van der Waals surface area (Å²) >= 11 is 0. The van der Waals surface area contributed by atoms with E-state index in [0.717, 1.165) is 60.3 Å². The van der Waals surface area contributed by atoms with Crippen LogP contribution in [0.4, 0.5) is 11.4 Å². The van der Waals surface area contributed by atoms with E-state index in [4.69, 9.17) is 9.47 Å².